The smallest absolute Gasteiger partial charge is 0.269 e. The zero-order chi connectivity index (χ0) is 14.7. The fraction of sp³-hybridized carbons (Fsp3) is 0.625. The number of hydrogen-bond donors (Lipinski definition) is 2. The van der Waals surface area contributed by atoms with E-state index in [2.05, 4.69) is 20.5 Å². The van der Waals surface area contributed by atoms with E-state index in [1.165, 1.54) is 25.7 Å². The summed E-state index contributed by atoms with van der Waals surface area (Å²) < 4.78 is 0. The lowest BCUT2D eigenvalue weighted by Crippen LogP contribution is -2.43. The summed E-state index contributed by atoms with van der Waals surface area (Å²) in [4.78, 5) is 18.3. The first-order chi connectivity index (χ1) is 10.3. The molecule has 114 valence electrons. The Balaban J connectivity index is 1.72. The Kier molecular flexibility index (Phi) is 4.39. The zero-order valence-electron chi connectivity index (χ0n) is 12.6. The predicted octanol–water partition coefficient (Wildman–Crippen LogP) is 1.41. The van der Waals surface area contributed by atoms with Crippen molar-refractivity contribution in [3.63, 3.8) is 0 Å². The molecule has 1 aromatic rings. The first kappa shape index (κ1) is 14.3. The van der Waals surface area contributed by atoms with Crippen LogP contribution < -0.4 is 15.5 Å². The van der Waals surface area contributed by atoms with Crippen LogP contribution in [0, 0.1) is 5.92 Å². The minimum absolute atomic E-state index is 0.122. The molecule has 3 heterocycles. The average Bonchev–Trinajstić information content (AvgIpc) is 3.09. The van der Waals surface area contributed by atoms with Crippen LogP contribution in [0.4, 0.5) is 5.69 Å². The molecule has 2 atom stereocenters. The second-order valence-corrected chi connectivity index (χ2v) is 6.03. The lowest BCUT2D eigenvalue weighted by molar-refractivity contribution is 0.0958. The minimum Gasteiger partial charge on any atom is -0.371 e. The molecule has 0 aromatic carbocycles. The molecule has 2 unspecified atom stereocenters. The van der Waals surface area contributed by atoms with Crippen molar-refractivity contribution in [3.05, 3.63) is 24.0 Å². The molecule has 2 aliphatic rings. The summed E-state index contributed by atoms with van der Waals surface area (Å²) in [6, 6.07) is 4.59. The van der Waals surface area contributed by atoms with Crippen LogP contribution in [0.2, 0.25) is 0 Å². The van der Waals surface area contributed by atoms with E-state index in [-0.39, 0.29) is 5.91 Å². The van der Waals surface area contributed by atoms with Crippen molar-refractivity contribution < 1.29 is 4.79 Å². The van der Waals surface area contributed by atoms with Gasteiger partial charge in [-0.3, -0.25) is 9.78 Å². The van der Waals surface area contributed by atoms with Gasteiger partial charge in [0.1, 0.15) is 5.69 Å². The summed E-state index contributed by atoms with van der Waals surface area (Å²) in [7, 11) is 1.64. The fourth-order valence-corrected chi connectivity index (χ4v) is 3.56. The van der Waals surface area contributed by atoms with Crippen LogP contribution in [0.25, 0.3) is 0 Å². The van der Waals surface area contributed by atoms with Crippen LogP contribution in [0.1, 0.15) is 36.2 Å². The highest BCUT2D eigenvalue weighted by atomic mass is 16.1. The van der Waals surface area contributed by atoms with Crippen molar-refractivity contribution in [2.24, 2.45) is 5.92 Å². The molecular formula is C16H24N4O. The Morgan fingerprint density at radius 2 is 2.33 bits per heavy atom. The summed E-state index contributed by atoms with van der Waals surface area (Å²) in [5.41, 5.74) is 1.61. The third-order valence-corrected chi connectivity index (χ3v) is 4.69. The third kappa shape index (κ3) is 3.18. The molecule has 3 rings (SSSR count). The maximum atomic E-state index is 11.7. The molecule has 2 fully saturated rings. The lowest BCUT2D eigenvalue weighted by atomic mass is 9.89. The molecule has 0 aliphatic carbocycles. The van der Waals surface area contributed by atoms with Crippen molar-refractivity contribution >= 4 is 11.6 Å². The average molecular weight is 288 g/mol. The number of carbonyl (C=O) groups excluding carboxylic acids is 1. The van der Waals surface area contributed by atoms with E-state index in [0.29, 0.717) is 11.7 Å². The van der Waals surface area contributed by atoms with E-state index >= 15 is 0 Å². The van der Waals surface area contributed by atoms with Crippen molar-refractivity contribution in [2.45, 2.75) is 31.7 Å². The highest BCUT2D eigenvalue weighted by molar-refractivity contribution is 5.92. The van der Waals surface area contributed by atoms with E-state index in [1.807, 2.05) is 12.1 Å². The van der Waals surface area contributed by atoms with Gasteiger partial charge in [0.2, 0.25) is 0 Å². The molecule has 0 radical (unpaired) electrons. The molecule has 21 heavy (non-hydrogen) atoms. The van der Waals surface area contributed by atoms with Gasteiger partial charge in [0.05, 0.1) is 0 Å². The number of nitrogens with one attached hydrogen (secondary N) is 2. The Morgan fingerprint density at radius 1 is 1.43 bits per heavy atom. The van der Waals surface area contributed by atoms with Gasteiger partial charge in [0, 0.05) is 38.1 Å². The number of aromatic nitrogens is 1. The van der Waals surface area contributed by atoms with Gasteiger partial charge >= 0.3 is 0 Å². The van der Waals surface area contributed by atoms with Gasteiger partial charge in [-0.25, -0.2) is 0 Å². The standard InChI is InChI=1S/C16H24N4O/c1-17-16(21)15-10-13(6-8-19-15)20-9-3-4-12(11-20)14-5-2-7-18-14/h6,8,10,12,14,18H,2-5,7,9,11H2,1H3,(H,17,21). The number of anilines is 1. The number of piperidine rings is 1. The number of hydrogen-bond acceptors (Lipinski definition) is 4. The van der Waals surface area contributed by atoms with Gasteiger partial charge in [0.25, 0.3) is 5.91 Å². The molecule has 2 saturated heterocycles. The fourth-order valence-electron chi connectivity index (χ4n) is 3.56. The van der Waals surface area contributed by atoms with Crippen LogP contribution in [0.5, 0.6) is 0 Å². The number of carbonyl (C=O) groups is 1. The normalized spacial score (nSPS) is 25.9. The van der Waals surface area contributed by atoms with E-state index in [1.54, 1.807) is 13.2 Å². The number of rotatable bonds is 3. The zero-order valence-corrected chi connectivity index (χ0v) is 12.6. The predicted molar refractivity (Wildman–Crippen MR) is 83.6 cm³/mol. The van der Waals surface area contributed by atoms with Gasteiger partial charge in [-0.15, -0.1) is 0 Å². The Labute approximate surface area is 126 Å². The van der Waals surface area contributed by atoms with Crippen LogP contribution in [0.15, 0.2) is 18.3 Å². The molecule has 5 heteroatoms. The third-order valence-electron chi connectivity index (χ3n) is 4.69. The first-order valence-electron chi connectivity index (χ1n) is 7.94. The molecule has 1 aromatic heterocycles. The van der Waals surface area contributed by atoms with Crippen molar-refractivity contribution in [1.82, 2.24) is 15.6 Å². The van der Waals surface area contributed by atoms with Gasteiger partial charge in [-0.2, -0.15) is 0 Å². The molecule has 5 nitrogen and oxygen atoms in total. The Hall–Kier alpha value is -1.62. The first-order valence-corrected chi connectivity index (χ1v) is 7.94. The van der Waals surface area contributed by atoms with E-state index < -0.39 is 0 Å². The molecule has 1 amide bonds. The Morgan fingerprint density at radius 3 is 3.10 bits per heavy atom. The molecular weight excluding hydrogens is 264 g/mol. The molecule has 0 spiro atoms. The molecule has 2 aliphatic heterocycles. The van der Waals surface area contributed by atoms with Gasteiger partial charge < -0.3 is 15.5 Å². The maximum Gasteiger partial charge on any atom is 0.269 e. The highest BCUT2D eigenvalue weighted by Gasteiger charge is 2.29. The van der Waals surface area contributed by atoms with E-state index in [0.717, 1.165) is 31.2 Å². The van der Waals surface area contributed by atoms with Gasteiger partial charge in [0.15, 0.2) is 0 Å². The van der Waals surface area contributed by atoms with Crippen LogP contribution in [-0.4, -0.2) is 43.6 Å². The SMILES string of the molecule is CNC(=O)c1cc(N2CCCC(C3CCCN3)C2)ccn1. The van der Waals surface area contributed by atoms with Crippen molar-refractivity contribution in [2.75, 3.05) is 31.6 Å². The summed E-state index contributed by atoms with van der Waals surface area (Å²) in [6.07, 6.45) is 6.87. The van der Waals surface area contributed by atoms with Crippen LogP contribution in [-0.2, 0) is 0 Å². The topological polar surface area (TPSA) is 57.3 Å². The molecule has 0 bridgehead atoms. The maximum absolute atomic E-state index is 11.7. The van der Waals surface area contributed by atoms with Crippen LogP contribution >= 0.6 is 0 Å². The number of pyridine rings is 1. The van der Waals surface area contributed by atoms with Crippen LogP contribution in [0.3, 0.4) is 0 Å². The van der Waals surface area contributed by atoms with Crippen molar-refractivity contribution in [1.29, 1.82) is 0 Å². The largest absolute Gasteiger partial charge is 0.371 e. The van der Waals surface area contributed by atoms with E-state index in [4.69, 9.17) is 0 Å². The number of amides is 1. The second-order valence-electron chi connectivity index (χ2n) is 6.03. The van der Waals surface area contributed by atoms with Gasteiger partial charge in [-0.05, 0) is 50.3 Å². The lowest BCUT2D eigenvalue weighted by Gasteiger charge is -2.37. The summed E-state index contributed by atoms with van der Waals surface area (Å²) in [5, 5.41) is 6.27. The number of nitrogens with zero attached hydrogens (tertiary/aromatic N) is 2. The molecule has 0 saturated carbocycles. The quantitative estimate of drug-likeness (QED) is 0.883. The monoisotopic (exact) mass is 288 g/mol. The highest BCUT2D eigenvalue weighted by Crippen LogP contribution is 2.28. The van der Waals surface area contributed by atoms with Crippen molar-refractivity contribution in [3.8, 4) is 0 Å². The Bertz CT molecular complexity index is 499. The van der Waals surface area contributed by atoms with E-state index in [9.17, 15) is 4.79 Å². The minimum atomic E-state index is -0.122. The molecule has 2 N–H and O–H groups in total. The summed E-state index contributed by atoms with van der Waals surface area (Å²) in [5.74, 6) is 0.598. The summed E-state index contributed by atoms with van der Waals surface area (Å²) in [6.45, 7) is 3.31. The summed E-state index contributed by atoms with van der Waals surface area (Å²) >= 11 is 0. The van der Waals surface area contributed by atoms with Gasteiger partial charge in [-0.1, -0.05) is 0 Å². The second kappa shape index (κ2) is 6.43.